The Morgan fingerprint density at radius 3 is 2.69 bits per heavy atom. The Kier molecular flexibility index (Phi) is 4.69. The lowest BCUT2D eigenvalue weighted by Gasteiger charge is -2.26. The zero-order chi connectivity index (χ0) is 17.9. The molecule has 1 aromatic carbocycles. The van der Waals surface area contributed by atoms with Gasteiger partial charge in [-0.1, -0.05) is 17.3 Å². The first-order valence-electron chi connectivity index (χ1n) is 9.19. The van der Waals surface area contributed by atoms with Crippen molar-refractivity contribution in [3.8, 4) is 11.4 Å². The zero-order valence-electron chi connectivity index (χ0n) is 14.7. The Morgan fingerprint density at radius 1 is 1.23 bits per heavy atom. The maximum Gasteiger partial charge on any atom is 0.230 e. The largest absolute Gasteiger partial charge is 0.398 e. The number of amides is 1. The summed E-state index contributed by atoms with van der Waals surface area (Å²) in [6.07, 6.45) is 8.07. The zero-order valence-corrected chi connectivity index (χ0v) is 14.7. The second-order valence-electron chi connectivity index (χ2n) is 7.08. The number of carbonyl (C=O) groups excluding carboxylic acids is 1. The fourth-order valence-electron chi connectivity index (χ4n) is 3.32. The van der Waals surface area contributed by atoms with Crippen LogP contribution in [-0.2, 0) is 4.79 Å². The molecule has 136 valence electrons. The number of nitrogens with zero attached hydrogens (tertiary/aromatic N) is 4. The smallest absolute Gasteiger partial charge is 0.230 e. The average Bonchev–Trinajstić information content (AvgIpc) is 3.12. The summed E-state index contributed by atoms with van der Waals surface area (Å²) >= 11 is 0. The summed E-state index contributed by atoms with van der Waals surface area (Å²) in [5.41, 5.74) is 8.59. The van der Waals surface area contributed by atoms with Gasteiger partial charge < -0.3 is 15.2 Å². The lowest BCUT2D eigenvalue weighted by atomic mass is 9.94. The van der Waals surface area contributed by atoms with Gasteiger partial charge in [-0.15, -0.1) is 0 Å². The van der Waals surface area contributed by atoms with Crippen molar-refractivity contribution in [1.29, 1.82) is 0 Å². The number of carbonyl (C=O) groups is 1. The van der Waals surface area contributed by atoms with Crippen LogP contribution in [0.4, 0.5) is 5.69 Å². The number of nitrogen functional groups attached to an aromatic ring is 1. The van der Waals surface area contributed by atoms with Gasteiger partial charge in [-0.2, -0.15) is 4.98 Å². The second kappa shape index (κ2) is 7.27. The molecule has 1 saturated carbocycles. The molecular weight excluding hydrogens is 330 g/mol. The Balaban J connectivity index is 1.46. The molecule has 26 heavy (non-hydrogen) atoms. The van der Waals surface area contributed by atoms with E-state index in [0.29, 0.717) is 23.4 Å². The predicted octanol–water partition coefficient (Wildman–Crippen LogP) is 2.63. The number of aromatic nitrogens is 2. The van der Waals surface area contributed by atoms with Gasteiger partial charge in [-0.05, 0) is 38.2 Å². The fourth-order valence-corrected chi connectivity index (χ4v) is 3.32. The quantitative estimate of drug-likeness (QED) is 0.506. The molecular formula is C19H23N5O2. The summed E-state index contributed by atoms with van der Waals surface area (Å²) in [6, 6.07) is 6.22. The lowest BCUT2D eigenvalue weighted by Crippen LogP contribution is -2.31. The van der Waals surface area contributed by atoms with E-state index in [9.17, 15) is 4.79 Å². The van der Waals surface area contributed by atoms with Crippen molar-refractivity contribution >= 4 is 18.3 Å². The predicted molar refractivity (Wildman–Crippen MR) is 99.0 cm³/mol. The molecule has 2 aromatic rings. The number of benzene rings is 1. The van der Waals surface area contributed by atoms with Crippen LogP contribution < -0.4 is 5.73 Å². The maximum absolute atomic E-state index is 10.8. The molecule has 0 bridgehead atoms. The molecule has 0 atom stereocenters. The Labute approximate surface area is 152 Å². The van der Waals surface area contributed by atoms with Crippen LogP contribution in [0.1, 0.15) is 49.5 Å². The van der Waals surface area contributed by atoms with Crippen LogP contribution >= 0.6 is 0 Å². The lowest BCUT2D eigenvalue weighted by molar-refractivity contribution is -0.119. The van der Waals surface area contributed by atoms with Gasteiger partial charge >= 0.3 is 0 Å². The number of likely N-dealkylation sites (tertiary alicyclic amines) is 1. The molecule has 2 fully saturated rings. The summed E-state index contributed by atoms with van der Waals surface area (Å²) < 4.78 is 5.46. The van der Waals surface area contributed by atoms with E-state index in [1.807, 2.05) is 24.4 Å². The normalized spacial score (nSPS) is 19.0. The van der Waals surface area contributed by atoms with Gasteiger partial charge in [0.2, 0.25) is 18.1 Å². The highest BCUT2D eigenvalue weighted by Crippen LogP contribution is 2.29. The molecule has 4 rings (SSSR count). The summed E-state index contributed by atoms with van der Waals surface area (Å²) in [6.45, 7) is 1.46. The van der Waals surface area contributed by atoms with E-state index in [2.05, 4.69) is 15.1 Å². The highest BCUT2D eigenvalue weighted by molar-refractivity contribution is 5.88. The van der Waals surface area contributed by atoms with Gasteiger partial charge in [0.25, 0.3) is 0 Å². The van der Waals surface area contributed by atoms with Crippen molar-refractivity contribution in [3.63, 3.8) is 0 Å². The van der Waals surface area contributed by atoms with Gasteiger partial charge in [0, 0.05) is 48.1 Å². The Hall–Kier alpha value is -2.70. The molecule has 7 heteroatoms. The maximum atomic E-state index is 10.8. The molecule has 1 aliphatic heterocycles. The third kappa shape index (κ3) is 3.47. The van der Waals surface area contributed by atoms with E-state index >= 15 is 0 Å². The molecule has 0 radical (unpaired) electrons. The van der Waals surface area contributed by atoms with E-state index in [1.54, 1.807) is 4.90 Å². The van der Waals surface area contributed by atoms with E-state index < -0.39 is 0 Å². The molecule has 1 aliphatic carbocycles. The van der Waals surface area contributed by atoms with E-state index in [0.717, 1.165) is 43.5 Å². The molecule has 2 heterocycles. The first-order valence-corrected chi connectivity index (χ1v) is 9.19. The molecule has 1 saturated heterocycles. The Morgan fingerprint density at radius 2 is 2.04 bits per heavy atom. The van der Waals surface area contributed by atoms with Gasteiger partial charge in [-0.25, -0.2) is 0 Å². The molecule has 1 amide bonds. The van der Waals surface area contributed by atoms with Crippen LogP contribution in [0.25, 0.3) is 11.4 Å². The minimum Gasteiger partial charge on any atom is -0.398 e. The molecule has 2 aliphatic rings. The number of piperidine rings is 1. The molecule has 0 unspecified atom stereocenters. The van der Waals surface area contributed by atoms with E-state index in [4.69, 9.17) is 10.3 Å². The van der Waals surface area contributed by atoms with Gasteiger partial charge in [0.15, 0.2) is 0 Å². The second-order valence-corrected chi connectivity index (χ2v) is 7.08. The number of anilines is 1. The Bertz CT molecular complexity index is 804. The number of hydrogen-bond donors (Lipinski definition) is 1. The summed E-state index contributed by atoms with van der Waals surface area (Å²) in [5, 5.41) is 4.11. The van der Waals surface area contributed by atoms with Gasteiger partial charge in [0.1, 0.15) is 0 Å². The summed E-state index contributed by atoms with van der Waals surface area (Å²) in [5.74, 6) is 1.39. The first-order chi connectivity index (χ1) is 12.7. The van der Waals surface area contributed by atoms with E-state index in [1.165, 1.54) is 19.3 Å². The SMILES string of the molecule is Nc1cc(-c2noc(C3CCN(C=O)CC3)n2)ccc1C=NC1CCC1. The van der Waals surface area contributed by atoms with Crippen molar-refractivity contribution < 1.29 is 9.32 Å². The average molecular weight is 353 g/mol. The number of aliphatic imine (C=N–C) groups is 1. The fraction of sp³-hybridized carbons (Fsp3) is 0.474. The van der Waals surface area contributed by atoms with Crippen molar-refractivity contribution in [1.82, 2.24) is 15.0 Å². The van der Waals surface area contributed by atoms with Crippen molar-refractivity contribution in [2.75, 3.05) is 18.8 Å². The standard InChI is InChI=1S/C19H23N5O2/c20-17-10-14(4-5-15(17)11-21-16-2-1-3-16)18-22-19(26-23-18)13-6-8-24(12-25)9-7-13/h4-5,10-13,16H,1-3,6-9,20H2. The minimum atomic E-state index is 0.207. The highest BCUT2D eigenvalue weighted by Gasteiger charge is 2.25. The monoisotopic (exact) mass is 353 g/mol. The third-order valence-corrected chi connectivity index (χ3v) is 5.31. The van der Waals surface area contributed by atoms with Crippen molar-refractivity contribution in [3.05, 3.63) is 29.7 Å². The van der Waals surface area contributed by atoms with Crippen LogP contribution in [0.2, 0.25) is 0 Å². The number of hydrogen-bond acceptors (Lipinski definition) is 6. The van der Waals surface area contributed by atoms with Crippen LogP contribution in [0, 0.1) is 0 Å². The van der Waals surface area contributed by atoms with Gasteiger partial charge in [-0.3, -0.25) is 9.79 Å². The van der Waals surface area contributed by atoms with Crippen molar-refractivity contribution in [2.45, 2.75) is 44.1 Å². The summed E-state index contributed by atoms with van der Waals surface area (Å²) in [7, 11) is 0. The third-order valence-electron chi connectivity index (χ3n) is 5.31. The van der Waals surface area contributed by atoms with E-state index in [-0.39, 0.29) is 5.92 Å². The van der Waals surface area contributed by atoms with Crippen LogP contribution in [0.5, 0.6) is 0 Å². The molecule has 0 spiro atoms. The highest BCUT2D eigenvalue weighted by atomic mass is 16.5. The topological polar surface area (TPSA) is 97.6 Å². The summed E-state index contributed by atoms with van der Waals surface area (Å²) in [4.78, 5) is 21.7. The molecule has 1 aromatic heterocycles. The molecule has 7 nitrogen and oxygen atoms in total. The minimum absolute atomic E-state index is 0.207. The number of nitrogens with two attached hydrogens (primary N) is 1. The van der Waals surface area contributed by atoms with Crippen LogP contribution in [0.15, 0.2) is 27.7 Å². The van der Waals surface area contributed by atoms with Crippen molar-refractivity contribution in [2.24, 2.45) is 4.99 Å². The first kappa shape index (κ1) is 16.8. The van der Waals surface area contributed by atoms with Crippen LogP contribution in [-0.4, -0.2) is 46.8 Å². The van der Waals surface area contributed by atoms with Crippen LogP contribution in [0.3, 0.4) is 0 Å². The molecule has 2 N–H and O–H groups in total. The number of rotatable bonds is 5. The van der Waals surface area contributed by atoms with Gasteiger partial charge in [0.05, 0.1) is 0 Å².